The highest BCUT2D eigenvalue weighted by Gasteiger charge is 2.16. The quantitative estimate of drug-likeness (QED) is 0.717. The summed E-state index contributed by atoms with van der Waals surface area (Å²) in [4.78, 5) is 26.0. The monoisotopic (exact) mass is 355 g/mol. The summed E-state index contributed by atoms with van der Waals surface area (Å²) in [5.41, 5.74) is 1.02. The number of para-hydroxylation sites is 1. The molecule has 2 N–H and O–H groups in total. The Kier molecular flexibility index (Phi) is 7.64. The summed E-state index contributed by atoms with van der Waals surface area (Å²) in [5, 5.41) is 5.53. The Labute approximate surface area is 154 Å². The molecule has 2 rings (SSSR count). The van der Waals surface area contributed by atoms with Crippen LogP contribution in [0.2, 0.25) is 0 Å². The van der Waals surface area contributed by atoms with Gasteiger partial charge in [0.05, 0.1) is 12.6 Å². The molecule has 0 saturated heterocycles. The van der Waals surface area contributed by atoms with E-state index in [2.05, 4.69) is 10.6 Å². The zero-order valence-corrected chi connectivity index (χ0v) is 15.1. The zero-order chi connectivity index (χ0) is 18.8. The third-order valence-electron chi connectivity index (χ3n) is 3.64. The van der Waals surface area contributed by atoms with Crippen molar-refractivity contribution in [1.82, 2.24) is 15.5 Å². The predicted octanol–water partition coefficient (Wildman–Crippen LogP) is 1.60. The summed E-state index contributed by atoms with van der Waals surface area (Å²) in [6.45, 7) is 0.450. The van der Waals surface area contributed by atoms with Gasteiger partial charge in [-0.25, -0.2) is 0 Å². The molecule has 6 heteroatoms. The van der Waals surface area contributed by atoms with Crippen molar-refractivity contribution in [3.05, 3.63) is 66.2 Å². The first-order valence-corrected chi connectivity index (χ1v) is 8.48. The van der Waals surface area contributed by atoms with Crippen molar-refractivity contribution in [3.8, 4) is 5.75 Å². The minimum absolute atomic E-state index is 0.0895. The number of amides is 2. The van der Waals surface area contributed by atoms with E-state index in [9.17, 15) is 9.59 Å². The van der Waals surface area contributed by atoms with Gasteiger partial charge in [0.25, 0.3) is 5.91 Å². The molecule has 0 heterocycles. The Bertz CT molecular complexity index is 690. The molecule has 0 aliphatic heterocycles. The van der Waals surface area contributed by atoms with Crippen LogP contribution in [-0.2, 0) is 9.59 Å². The maximum Gasteiger partial charge on any atom is 0.258 e. The van der Waals surface area contributed by atoms with Crippen LogP contribution >= 0.6 is 0 Å². The van der Waals surface area contributed by atoms with Gasteiger partial charge < -0.3 is 20.3 Å². The Morgan fingerprint density at radius 3 is 2.19 bits per heavy atom. The van der Waals surface area contributed by atoms with E-state index < -0.39 is 0 Å². The fourth-order valence-corrected chi connectivity index (χ4v) is 2.43. The number of likely N-dealkylation sites (N-methyl/N-ethyl adjacent to an activating group) is 1. The van der Waals surface area contributed by atoms with Gasteiger partial charge in [-0.3, -0.25) is 9.59 Å². The molecule has 0 spiro atoms. The summed E-state index contributed by atoms with van der Waals surface area (Å²) in [6.07, 6.45) is 0. The standard InChI is InChI=1S/C20H25N3O3/c1-23(2)14-18(16-9-5-3-6-10-16)22-19(24)13-21-20(25)15-26-17-11-7-4-8-12-17/h3-12,18H,13-15H2,1-2H3,(H,21,25)(H,22,24)/t18-/m0/s1. The van der Waals surface area contributed by atoms with Crippen LogP contribution in [0.3, 0.4) is 0 Å². The average molecular weight is 355 g/mol. The van der Waals surface area contributed by atoms with Crippen molar-refractivity contribution in [2.75, 3.05) is 33.8 Å². The van der Waals surface area contributed by atoms with Crippen LogP contribution in [0.4, 0.5) is 0 Å². The van der Waals surface area contributed by atoms with Crippen molar-refractivity contribution >= 4 is 11.8 Å². The molecule has 2 aromatic rings. The molecule has 0 radical (unpaired) electrons. The van der Waals surface area contributed by atoms with Gasteiger partial charge >= 0.3 is 0 Å². The fraction of sp³-hybridized carbons (Fsp3) is 0.300. The second kappa shape index (κ2) is 10.2. The molecule has 0 aliphatic carbocycles. The number of hydrogen-bond acceptors (Lipinski definition) is 4. The highest BCUT2D eigenvalue weighted by molar-refractivity contribution is 5.85. The molecule has 0 unspecified atom stereocenters. The Morgan fingerprint density at radius 1 is 0.962 bits per heavy atom. The van der Waals surface area contributed by atoms with E-state index in [4.69, 9.17) is 4.74 Å². The van der Waals surface area contributed by atoms with E-state index in [-0.39, 0.29) is 31.0 Å². The van der Waals surface area contributed by atoms with E-state index in [1.807, 2.05) is 67.5 Å². The molecule has 0 aliphatic rings. The number of carbonyl (C=O) groups is 2. The first kappa shape index (κ1) is 19.5. The minimum Gasteiger partial charge on any atom is -0.484 e. The minimum atomic E-state index is -0.340. The zero-order valence-electron chi connectivity index (χ0n) is 15.1. The van der Waals surface area contributed by atoms with Gasteiger partial charge in [0, 0.05) is 6.54 Å². The topological polar surface area (TPSA) is 70.7 Å². The van der Waals surface area contributed by atoms with Crippen molar-refractivity contribution < 1.29 is 14.3 Å². The molecule has 0 saturated carbocycles. The number of ether oxygens (including phenoxy) is 1. The van der Waals surface area contributed by atoms with Gasteiger partial charge in [-0.2, -0.15) is 0 Å². The molecule has 0 bridgehead atoms. The lowest BCUT2D eigenvalue weighted by molar-refractivity contribution is -0.127. The molecule has 6 nitrogen and oxygen atoms in total. The van der Waals surface area contributed by atoms with E-state index in [0.29, 0.717) is 12.3 Å². The van der Waals surface area contributed by atoms with Gasteiger partial charge in [-0.05, 0) is 31.8 Å². The van der Waals surface area contributed by atoms with Crippen LogP contribution in [0.15, 0.2) is 60.7 Å². The summed E-state index contributed by atoms with van der Waals surface area (Å²) >= 11 is 0. The lowest BCUT2D eigenvalue weighted by atomic mass is 10.1. The summed E-state index contributed by atoms with van der Waals surface area (Å²) < 4.78 is 5.35. The van der Waals surface area contributed by atoms with E-state index in [1.54, 1.807) is 12.1 Å². The Morgan fingerprint density at radius 2 is 1.58 bits per heavy atom. The number of benzene rings is 2. The molecule has 1 atom stereocenters. The smallest absolute Gasteiger partial charge is 0.258 e. The van der Waals surface area contributed by atoms with Crippen LogP contribution in [0, 0.1) is 0 Å². The van der Waals surface area contributed by atoms with Gasteiger partial charge in [0.1, 0.15) is 5.75 Å². The second-order valence-electron chi connectivity index (χ2n) is 6.17. The lowest BCUT2D eigenvalue weighted by Crippen LogP contribution is -2.42. The molecule has 26 heavy (non-hydrogen) atoms. The number of nitrogens with one attached hydrogen (secondary N) is 2. The highest BCUT2D eigenvalue weighted by Crippen LogP contribution is 2.13. The molecule has 0 aromatic heterocycles. The summed E-state index contributed by atoms with van der Waals surface area (Å²) in [5.74, 6) is 0.0314. The molecule has 138 valence electrons. The first-order valence-electron chi connectivity index (χ1n) is 8.48. The van der Waals surface area contributed by atoms with Gasteiger partial charge in [-0.1, -0.05) is 48.5 Å². The largest absolute Gasteiger partial charge is 0.484 e. The summed E-state index contributed by atoms with van der Waals surface area (Å²) in [6, 6.07) is 18.7. The molecule has 2 amide bonds. The normalized spacial score (nSPS) is 11.7. The van der Waals surface area contributed by atoms with E-state index >= 15 is 0 Å². The van der Waals surface area contributed by atoms with Gasteiger partial charge in [-0.15, -0.1) is 0 Å². The van der Waals surface area contributed by atoms with Crippen molar-refractivity contribution in [2.45, 2.75) is 6.04 Å². The van der Waals surface area contributed by atoms with Crippen molar-refractivity contribution in [1.29, 1.82) is 0 Å². The third-order valence-corrected chi connectivity index (χ3v) is 3.64. The number of carbonyl (C=O) groups excluding carboxylic acids is 2. The van der Waals surface area contributed by atoms with Crippen LogP contribution in [0.1, 0.15) is 11.6 Å². The summed E-state index contributed by atoms with van der Waals surface area (Å²) in [7, 11) is 3.90. The Balaban J connectivity index is 1.79. The fourth-order valence-electron chi connectivity index (χ4n) is 2.43. The number of hydrogen-bond donors (Lipinski definition) is 2. The van der Waals surface area contributed by atoms with E-state index in [0.717, 1.165) is 5.56 Å². The number of nitrogens with zero attached hydrogens (tertiary/aromatic N) is 1. The average Bonchev–Trinajstić information content (AvgIpc) is 2.65. The third kappa shape index (κ3) is 6.94. The first-order chi connectivity index (χ1) is 12.5. The second-order valence-corrected chi connectivity index (χ2v) is 6.17. The van der Waals surface area contributed by atoms with Crippen LogP contribution in [0.5, 0.6) is 5.75 Å². The molecular weight excluding hydrogens is 330 g/mol. The van der Waals surface area contributed by atoms with Crippen molar-refractivity contribution in [3.63, 3.8) is 0 Å². The van der Waals surface area contributed by atoms with E-state index in [1.165, 1.54) is 0 Å². The molecule has 2 aromatic carbocycles. The maximum absolute atomic E-state index is 12.2. The van der Waals surface area contributed by atoms with Gasteiger partial charge in [0.15, 0.2) is 6.61 Å². The molecule has 0 fully saturated rings. The predicted molar refractivity (Wildman–Crippen MR) is 101 cm³/mol. The highest BCUT2D eigenvalue weighted by atomic mass is 16.5. The lowest BCUT2D eigenvalue weighted by Gasteiger charge is -2.23. The van der Waals surface area contributed by atoms with Crippen LogP contribution in [0.25, 0.3) is 0 Å². The molecular formula is C20H25N3O3. The van der Waals surface area contributed by atoms with Crippen molar-refractivity contribution in [2.24, 2.45) is 0 Å². The Hall–Kier alpha value is -2.86. The number of rotatable bonds is 9. The van der Waals surface area contributed by atoms with Crippen LogP contribution in [-0.4, -0.2) is 50.5 Å². The van der Waals surface area contributed by atoms with Crippen LogP contribution < -0.4 is 15.4 Å². The van der Waals surface area contributed by atoms with Gasteiger partial charge in [0.2, 0.25) is 5.91 Å². The SMILES string of the molecule is CN(C)C[C@H](NC(=O)CNC(=O)COc1ccccc1)c1ccccc1. The maximum atomic E-state index is 12.2.